The van der Waals surface area contributed by atoms with Crippen LogP contribution in [0.3, 0.4) is 0 Å². The second-order valence-electron chi connectivity index (χ2n) is 3.22. The van der Waals surface area contributed by atoms with Crippen LogP contribution in [0.5, 0.6) is 0 Å². The third kappa shape index (κ3) is 1.63. The molecule has 0 atom stereocenters. The summed E-state index contributed by atoms with van der Waals surface area (Å²) >= 11 is 5.83. The van der Waals surface area contributed by atoms with Crippen LogP contribution >= 0.6 is 11.6 Å². The van der Waals surface area contributed by atoms with Crippen LogP contribution in [-0.2, 0) is 7.05 Å². The van der Waals surface area contributed by atoms with E-state index in [2.05, 4.69) is 10.1 Å². The predicted molar refractivity (Wildman–Crippen MR) is 56.2 cm³/mol. The van der Waals surface area contributed by atoms with Crippen LogP contribution in [-0.4, -0.2) is 14.8 Å². The Labute approximate surface area is 87.3 Å². The van der Waals surface area contributed by atoms with Crippen molar-refractivity contribution < 1.29 is 0 Å². The van der Waals surface area contributed by atoms with E-state index in [4.69, 9.17) is 11.6 Å². The molecule has 72 valence electrons. The summed E-state index contributed by atoms with van der Waals surface area (Å²) in [5.74, 6) is 0. The second kappa shape index (κ2) is 3.42. The van der Waals surface area contributed by atoms with Crippen molar-refractivity contribution in [1.82, 2.24) is 14.8 Å². The molecule has 4 heteroatoms. The highest BCUT2D eigenvalue weighted by atomic mass is 35.5. The van der Waals surface area contributed by atoms with Crippen molar-refractivity contribution in [2.24, 2.45) is 7.05 Å². The summed E-state index contributed by atoms with van der Waals surface area (Å²) in [5, 5.41) is 4.76. The molecule has 0 fully saturated rings. The van der Waals surface area contributed by atoms with E-state index in [9.17, 15) is 0 Å². The number of pyridine rings is 1. The fraction of sp³-hybridized carbons (Fsp3) is 0.200. The van der Waals surface area contributed by atoms with Crippen LogP contribution < -0.4 is 0 Å². The van der Waals surface area contributed by atoms with Crippen LogP contribution in [0.25, 0.3) is 11.3 Å². The third-order valence-corrected chi connectivity index (χ3v) is 2.23. The summed E-state index contributed by atoms with van der Waals surface area (Å²) in [5.41, 5.74) is 3.01. The van der Waals surface area contributed by atoms with Crippen LogP contribution in [0.15, 0.2) is 24.7 Å². The number of hydrogen-bond donors (Lipinski definition) is 0. The highest BCUT2D eigenvalue weighted by Gasteiger charge is 2.05. The minimum atomic E-state index is 0.662. The van der Waals surface area contributed by atoms with E-state index < -0.39 is 0 Å². The maximum Gasteiger partial charge on any atom is 0.0763 e. The molecule has 0 N–H and O–H groups in total. The zero-order valence-corrected chi connectivity index (χ0v) is 8.78. The van der Waals surface area contributed by atoms with Crippen molar-refractivity contribution in [3.63, 3.8) is 0 Å². The van der Waals surface area contributed by atoms with E-state index >= 15 is 0 Å². The molecule has 2 heterocycles. The Kier molecular flexibility index (Phi) is 2.25. The van der Waals surface area contributed by atoms with Gasteiger partial charge in [0.15, 0.2) is 0 Å². The summed E-state index contributed by atoms with van der Waals surface area (Å²) < 4.78 is 1.76. The fourth-order valence-electron chi connectivity index (χ4n) is 1.39. The maximum absolute atomic E-state index is 5.83. The van der Waals surface area contributed by atoms with Gasteiger partial charge in [0.25, 0.3) is 0 Å². The second-order valence-corrected chi connectivity index (χ2v) is 3.66. The molecule has 0 saturated carbocycles. The van der Waals surface area contributed by atoms with E-state index in [0.717, 1.165) is 16.8 Å². The van der Waals surface area contributed by atoms with Crippen molar-refractivity contribution >= 4 is 11.6 Å². The Morgan fingerprint density at radius 3 is 2.71 bits per heavy atom. The van der Waals surface area contributed by atoms with Gasteiger partial charge in [0.05, 0.1) is 16.9 Å². The molecule has 2 rings (SSSR count). The van der Waals surface area contributed by atoms with Gasteiger partial charge < -0.3 is 0 Å². The first kappa shape index (κ1) is 9.21. The average molecular weight is 208 g/mol. The molecule has 0 spiro atoms. The predicted octanol–water partition coefficient (Wildman–Crippen LogP) is 2.44. The van der Waals surface area contributed by atoms with Crippen molar-refractivity contribution in [1.29, 1.82) is 0 Å². The molecule has 0 radical (unpaired) electrons. The lowest BCUT2D eigenvalue weighted by Gasteiger charge is -2.01. The Morgan fingerprint density at radius 2 is 2.14 bits per heavy atom. The summed E-state index contributed by atoms with van der Waals surface area (Å²) in [7, 11) is 1.88. The van der Waals surface area contributed by atoms with Gasteiger partial charge >= 0.3 is 0 Å². The average Bonchev–Trinajstić information content (AvgIpc) is 2.51. The minimum absolute atomic E-state index is 0.662. The molecule has 0 aliphatic rings. The van der Waals surface area contributed by atoms with Crippen molar-refractivity contribution in [2.75, 3.05) is 0 Å². The smallest absolute Gasteiger partial charge is 0.0763 e. The quantitative estimate of drug-likeness (QED) is 0.719. The number of nitrogens with zero attached hydrogens (tertiary/aromatic N) is 3. The number of aryl methyl sites for hydroxylation is 2. The zero-order valence-electron chi connectivity index (χ0n) is 8.03. The third-order valence-electron chi connectivity index (χ3n) is 2.02. The number of hydrogen-bond acceptors (Lipinski definition) is 2. The normalized spacial score (nSPS) is 10.5. The molecular formula is C10H10ClN3. The van der Waals surface area contributed by atoms with Crippen LogP contribution in [0.1, 0.15) is 5.56 Å². The first-order chi connectivity index (χ1) is 6.66. The van der Waals surface area contributed by atoms with E-state index in [1.807, 2.05) is 26.2 Å². The van der Waals surface area contributed by atoms with E-state index in [1.165, 1.54) is 0 Å². The van der Waals surface area contributed by atoms with E-state index in [1.54, 1.807) is 17.1 Å². The number of halogens is 1. The molecule has 0 amide bonds. The van der Waals surface area contributed by atoms with Crippen molar-refractivity contribution in [2.45, 2.75) is 6.92 Å². The Morgan fingerprint density at radius 1 is 1.36 bits per heavy atom. The molecule has 2 aromatic rings. The van der Waals surface area contributed by atoms with Gasteiger partial charge in [-0.1, -0.05) is 11.6 Å². The fourth-order valence-corrected chi connectivity index (χ4v) is 1.60. The summed E-state index contributed by atoms with van der Waals surface area (Å²) in [6.45, 7) is 1.99. The van der Waals surface area contributed by atoms with Crippen LogP contribution in [0.4, 0.5) is 0 Å². The monoisotopic (exact) mass is 207 g/mol. The van der Waals surface area contributed by atoms with E-state index in [-0.39, 0.29) is 0 Å². The maximum atomic E-state index is 5.83. The molecule has 14 heavy (non-hydrogen) atoms. The van der Waals surface area contributed by atoms with Gasteiger partial charge in [-0.05, 0) is 18.6 Å². The molecular weight excluding hydrogens is 198 g/mol. The highest BCUT2D eigenvalue weighted by molar-refractivity contribution is 6.30. The van der Waals surface area contributed by atoms with Gasteiger partial charge in [0.1, 0.15) is 0 Å². The lowest BCUT2D eigenvalue weighted by Crippen LogP contribution is -1.87. The summed E-state index contributed by atoms with van der Waals surface area (Å²) in [4.78, 5) is 4.28. The Hall–Kier alpha value is -1.35. The molecule has 0 aliphatic heterocycles. The summed E-state index contributed by atoms with van der Waals surface area (Å²) in [6.07, 6.45) is 5.38. The molecule has 0 aromatic carbocycles. The van der Waals surface area contributed by atoms with E-state index in [0.29, 0.717) is 5.02 Å². The minimum Gasteiger partial charge on any atom is -0.275 e. The zero-order chi connectivity index (χ0) is 10.1. The standard InChI is InChI=1S/C10H10ClN3/c1-7-3-9(11)5-12-10(7)8-4-13-14(2)6-8/h3-6H,1-2H3. The Bertz CT molecular complexity index is 462. The van der Waals surface area contributed by atoms with Gasteiger partial charge in [-0.25, -0.2) is 0 Å². The van der Waals surface area contributed by atoms with Crippen molar-refractivity contribution in [3.05, 3.63) is 35.2 Å². The number of rotatable bonds is 1. The molecule has 0 saturated heterocycles. The first-order valence-corrected chi connectivity index (χ1v) is 4.66. The Balaban J connectivity index is 2.52. The molecule has 0 unspecified atom stereocenters. The van der Waals surface area contributed by atoms with Gasteiger partial charge in [0, 0.05) is 25.0 Å². The topological polar surface area (TPSA) is 30.7 Å². The van der Waals surface area contributed by atoms with Gasteiger partial charge in [-0.3, -0.25) is 9.67 Å². The van der Waals surface area contributed by atoms with Crippen LogP contribution in [0.2, 0.25) is 5.02 Å². The number of aromatic nitrogens is 3. The van der Waals surface area contributed by atoms with Crippen molar-refractivity contribution in [3.8, 4) is 11.3 Å². The first-order valence-electron chi connectivity index (χ1n) is 4.28. The molecule has 0 bridgehead atoms. The molecule has 2 aromatic heterocycles. The van der Waals surface area contributed by atoms with Gasteiger partial charge in [-0.15, -0.1) is 0 Å². The van der Waals surface area contributed by atoms with Gasteiger partial charge in [0.2, 0.25) is 0 Å². The lowest BCUT2D eigenvalue weighted by atomic mass is 10.1. The van der Waals surface area contributed by atoms with Gasteiger partial charge in [-0.2, -0.15) is 5.10 Å². The molecule has 3 nitrogen and oxygen atoms in total. The SMILES string of the molecule is Cc1cc(Cl)cnc1-c1cnn(C)c1. The highest BCUT2D eigenvalue weighted by Crippen LogP contribution is 2.22. The largest absolute Gasteiger partial charge is 0.275 e. The molecule has 0 aliphatic carbocycles. The van der Waals surface area contributed by atoms with Crippen LogP contribution in [0, 0.1) is 6.92 Å². The lowest BCUT2D eigenvalue weighted by molar-refractivity contribution is 0.768. The summed E-state index contributed by atoms with van der Waals surface area (Å²) in [6, 6.07) is 1.90.